The molecule has 1 aromatic heterocycles. The largest absolute Gasteiger partial charge is 0.477 e. The Morgan fingerprint density at radius 3 is 2.71 bits per heavy atom. The number of nitrogens with two attached hydrogens (primary N) is 1. The van der Waals surface area contributed by atoms with E-state index in [1.807, 2.05) is 0 Å². The maximum atomic E-state index is 13.6. The van der Waals surface area contributed by atoms with Gasteiger partial charge in [0, 0.05) is 10.4 Å². The van der Waals surface area contributed by atoms with E-state index in [1.54, 1.807) is 0 Å². The second-order valence-electron chi connectivity index (χ2n) is 3.30. The first-order valence-corrected chi connectivity index (χ1v) is 5.77. The second kappa shape index (κ2) is 4.35. The van der Waals surface area contributed by atoms with E-state index in [0.717, 1.165) is 11.3 Å². The molecule has 3 nitrogen and oxygen atoms in total. The number of hydrogen-bond donors (Lipinski definition) is 2. The molecule has 6 heteroatoms. The van der Waals surface area contributed by atoms with Crippen molar-refractivity contribution in [3.63, 3.8) is 0 Å². The molecule has 0 spiro atoms. The zero-order valence-electron chi connectivity index (χ0n) is 8.41. The molecule has 17 heavy (non-hydrogen) atoms. The molecule has 0 atom stereocenters. The number of carboxylic acids is 1. The molecule has 0 aliphatic rings. The third kappa shape index (κ3) is 2.11. The molecular weight excluding hydrogens is 265 g/mol. The highest BCUT2D eigenvalue weighted by Crippen LogP contribution is 2.38. The van der Waals surface area contributed by atoms with Gasteiger partial charge in [-0.2, -0.15) is 0 Å². The highest BCUT2D eigenvalue weighted by atomic mass is 35.5. The highest BCUT2D eigenvalue weighted by Gasteiger charge is 2.17. The summed E-state index contributed by atoms with van der Waals surface area (Å²) in [5, 5.41) is 9.09. The number of anilines is 1. The molecule has 0 saturated heterocycles. The predicted molar refractivity (Wildman–Crippen MR) is 66.1 cm³/mol. The van der Waals surface area contributed by atoms with Crippen LogP contribution in [0.4, 0.5) is 10.1 Å². The molecule has 0 amide bonds. The van der Waals surface area contributed by atoms with Gasteiger partial charge in [0.2, 0.25) is 0 Å². The summed E-state index contributed by atoms with van der Waals surface area (Å²) in [5.41, 5.74) is 5.83. The van der Waals surface area contributed by atoms with Crippen molar-refractivity contribution in [2.75, 3.05) is 5.73 Å². The molecule has 0 aliphatic heterocycles. The Morgan fingerprint density at radius 2 is 2.18 bits per heavy atom. The lowest BCUT2D eigenvalue weighted by Gasteiger charge is -2.01. The molecule has 0 saturated carbocycles. The number of carbonyl (C=O) groups is 1. The number of aromatic carboxylic acids is 1. The first kappa shape index (κ1) is 11.9. The van der Waals surface area contributed by atoms with Gasteiger partial charge in [0.1, 0.15) is 10.7 Å². The molecule has 88 valence electrons. The number of carboxylic acid groups (broad SMARTS) is 1. The summed E-state index contributed by atoms with van der Waals surface area (Å²) in [7, 11) is 0. The van der Waals surface area contributed by atoms with E-state index in [1.165, 1.54) is 24.3 Å². The molecule has 0 unspecified atom stereocenters. The van der Waals surface area contributed by atoms with Gasteiger partial charge in [-0.3, -0.25) is 0 Å². The average molecular weight is 272 g/mol. The summed E-state index contributed by atoms with van der Waals surface area (Å²) in [5.74, 6) is -1.64. The Balaban J connectivity index is 2.62. The van der Waals surface area contributed by atoms with E-state index in [2.05, 4.69) is 0 Å². The van der Waals surface area contributed by atoms with Crippen molar-refractivity contribution in [3.05, 3.63) is 40.0 Å². The Bertz CT molecular complexity index is 577. The van der Waals surface area contributed by atoms with E-state index < -0.39 is 11.8 Å². The number of halogens is 2. The van der Waals surface area contributed by atoms with Crippen molar-refractivity contribution in [2.24, 2.45) is 0 Å². The third-order valence-electron chi connectivity index (χ3n) is 2.16. The summed E-state index contributed by atoms with van der Waals surface area (Å²) >= 11 is 6.78. The lowest BCUT2D eigenvalue weighted by Crippen LogP contribution is -1.96. The minimum absolute atomic E-state index is 0.0145. The summed E-state index contributed by atoms with van der Waals surface area (Å²) in [6.07, 6.45) is 0. The van der Waals surface area contributed by atoms with Gasteiger partial charge in [-0.1, -0.05) is 17.7 Å². The van der Waals surface area contributed by atoms with Crippen molar-refractivity contribution in [2.45, 2.75) is 0 Å². The Labute approximate surface area is 105 Å². The molecule has 1 heterocycles. The average Bonchev–Trinajstić information content (AvgIpc) is 2.60. The van der Waals surface area contributed by atoms with E-state index in [9.17, 15) is 9.18 Å². The van der Waals surface area contributed by atoms with Crippen LogP contribution in [0.15, 0.2) is 24.3 Å². The standard InChI is InChI=1S/C11H7ClFNO2S/c12-5-2-1-3-6(13)9(5)8-4-7(14)10(17-8)11(15)16/h1-4H,14H2,(H,15,16). The van der Waals surface area contributed by atoms with Gasteiger partial charge < -0.3 is 10.8 Å². The molecular formula is C11H7ClFNO2S. The van der Waals surface area contributed by atoms with Crippen molar-refractivity contribution in [1.29, 1.82) is 0 Å². The molecule has 0 radical (unpaired) electrons. The van der Waals surface area contributed by atoms with E-state index in [4.69, 9.17) is 22.4 Å². The van der Waals surface area contributed by atoms with E-state index in [0.29, 0.717) is 4.88 Å². The van der Waals surface area contributed by atoms with Crippen LogP contribution in [0.25, 0.3) is 10.4 Å². The quantitative estimate of drug-likeness (QED) is 0.879. The fourth-order valence-electron chi connectivity index (χ4n) is 1.43. The van der Waals surface area contributed by atoms with Crippen LogP contribution in [0.3, 0.4) is 0 Å². The minimum atomic E-state index is -1.13. The Hall–Kier alpha value is -1.59. The van der Waals surface area contributed by atoms with Gasteiger partial charge in [0.15, 0.2) is 0 Å². The van der Waals surface area contributed by atoms with Gasteiger partial charge >= 0.3 is 5.97 Å². The zero-order valence-corrected chi connectivity index (χ0v) is 9.98. The van der Waals surface area contributed by atoms with E-state index >= 15 is 0 Å². The first-order chi connectivity index (χ1) is 8.00. The normalized spacial score (nSPS) is 10.5. The fraction of sp³-hybridized carbons (Fsp3) is 0. The Morgan fingerprint density at radius 1 is 1.47 bits per heavy atom. The Kier molecular flexibility index (Phi) is 3.04. The minimum Gasteiger partial charge on any atom is -0.477 e. The molecule has 0 aliphatic carbocycles. The second-order valence-corrected chi connectivity index (χ2v) is 4.76. The third-order valence-corrected chi connectivity index (χ3v) is 3.64. The van der Waals surface area contributed by atoms with E-state index in [-0.39, 0.29) is 21.2 Å². The van der Waals surface area contributed by atoms with Crippen LogP contribution in [0.2, 0.25) is 5.02 Å². The number of hydrogen-bond acceptors (Lipinski definition) is 3. The van der Waals surface area contributed by atoms with Crippen LogP contribution in [-0.4, -0.2) is 11.1 Å². The van der Waals surface area contributed by atoms with Crippen molar-refractivity contribution in [3.8, 4) is 10.4 Å². The van der Waals surface area contributed by atoms with Crippen LogP contribution < -0.4 is 5.73 Å². The molecule has 1 aromatic carbocycles. The van der Waals surface area contributed by atoms with Gasteiger partial charge in [-0.05, 0) is 18.2 Å². The van der Waals surface area contributed by atoms with Gasteiger partial charge in [0.05, 0.1) is 10.7 Å². The first-order valence-electron chi connectivity index (χ1n) is 4.57. The lowest BCUT2D eigenvalue weighted by atomic mass is 10.1. The SMILES string of the molecule is Nc1cc(-c2c(F)cccc2Cl)sc1C(=O)O. The van der Waals surface area contributed by atoms with Crippen LogP contribution in [0.5, 0.6) is 0 Å². The maximum Gasteiger partial charge on any atom is 0.348 e. The highest BCUT2D eigenvalue weighted by molar-refractivity contribution is 7.18. The summed E-state index contributed by atoms with van der Waals surface area (Å²) in [4.78, 5) is 11.2. The summed E-state index contributed by atoms with van der Waals surface area (Å²) in [6.45, 7) is 0. The monoisotopic (exact) mass is 271 g/mol. The van der Waals surface area contributed by atoms with Crippen molar-refractivity contribution in [1.82, 2.24) is 0 Å². The number of rotatable bonds is 2. The van der Waals surface area contributed by atoms with Crippen LogP contribution in [0.1, 0.15) is 9.67 Å². The smallest absolute Gasteiger partial charge is 0.348 e. The predicted octanol–water partition coefficient (Wildman–Crippen LogP) is 3.49. The molecule has 0 bridgehead atoms. The topological polar surface area (TPSA) is 63.3 Å². The van der Waals surface area contributed by atoms with Crippen molar-refractivity contribution >= 4 is 34.6 Å². The lowest BCUT2D eigenvalue weighted by molar-refractivity contribution is 0.0703. The maximum absolute atomic E-state index is 13.6. The van der Waals surface area contributed by atoms with Crippen LogP contribution in [-0.2, 0) is 0 Å². The number of thiophene rings is 1. The molecule has 3 N–H and O–H groups in total. The van der Waals surface area contributed by atoms with Gasteiger partial charge in [-0.25, -0.2) is 9.18 Å². The summed E-state index contributed by atoms with van der Waals surface area (Å²) in [6, 6.07) is 5.70. The molecule has 2 rings (SSSR count). The molecule has 0 fully saturated rings. The zero-order chi connectivity index (χ0) is 12.6. The van der Waals surface area contributed by atoms with Crippen molar-refractivity contribution < 1.29 is 14.3 Å². The summed E-state index contributed by atoms with van der Waals surface area (Å²) < 4.78 is 13.6. The number of nitrogen functional groups attached to an aromatic ring is 1. The fourth-order valence-corrected chi connectivity index (χ4v) is 2.73. The van der Waals surface area contributed by atoms with Crippen LogP contribution in [0, 0.1) is 5.82 Å². The number of benzene rings is 1. The van der Waals surface area contributed by atoms with Gasteiger partial charge in [-0.15, -0.1) is 11.3 Å². The van der Waals surface area contributed by atoms with Gasteiger partial charge in [0.25, 0.3) is 0 Å². The van der Waals surface area contributed by atoms with Crippen LogP contribution >= 0.6 is 22.9 Å². The molecule has 2 aromatic rings.